The van der Waals surface area contributed by atoms with Crippen LogP contribution in [-0.4, -0.2) is 34.1 Å². The third kappa shape index (κ3) is 4.00. The van der Waals surface area contributed by atoms with Crippen LogP contribution in [0, 0.1) is 0 Å². The standard InChI is InChI=1S/C15H18N4O2/c16-14-13(17-7-8-18-14)15(21)19-10-12(6-9-20)11-4-2-1-3-5-11/h1-5,7-8,12,20H,6,9-10H2,(H2,16,18)(H,19,21). The lowest BCUT2D eigenvalue weighted by Gasteiger charge is -2.17. The molecule has 21 heavy (non-hydrogen) atoms. The fourth-order valence-corrected chi connectivity index (χ4v) is 2.09. The lowest BCUT2D eigenvalue weighted by molar-refractivity contribution is 0.0945. The Morgan fingerprint density at radius 3 is 2.62 bits per heavy atom. The van der Waals surface area contributed by atoms with Crippen molar-refractivity contribution in [3.63, 3.8) is 0 Å². The Bertz CT molecular complexity index is 589. The van der Waals surface area contributed by atoms with Crippen molar-refractivity contribution in [2.75, 3.05) is 18.9 Å². The zero-order valence-corrected chi connectivity index (χ0v) is 11.6. The second-order valence-electron chi connectivity index (χ2n) is 4.62. The molecule has 0 aliphatic carbocycles. The first-order valence-corrected chi connectivity index (χ1v) is 6.73. The van der Waals surface area contributed by atoms with E-state index in [9.17, 15) is 4.79 Å². The maximum Gasteiger partial charge on any atom is 0.273 e. The quantitative estimate of drug-likeness (QED) is 0.734. The highest BCUT2D eigenvalue weighted by molar-refractivity contribution is 5.96. The number of rotatable bonds is 6. The van der Waals surface area contributed by atoms with Gasteiger partial charge in [-0.2, -0.15) is 0 Å². The van der Waals surface area contributed by atoms with Crippen molar-refractivity contribution in [1.82, 2.24) is 15.3 Å². The predicted molar refractivity (Wildman–Crippen MR) is 79.7 cm³/mol. The topological polar surface area (TPSA) is 101 Å². The van der Waals surface area contributed by atoms with Crippen LogP contribution in [-0.2, 0) is 0 Å². The van der Waals surface area contributed by atoms with Gasteiger partial charge in [-0.1, -0.05) is 30.3 Å². The summed E-state index contributed by atoms with van der Waals surface area (Å²) in [6.07, 6.45) is 3.43. The number of anilines is 1. The number of hydrogen-bond donors (Lipinski definition) is 3. The van der Waals surface area contributed by atoms with Gasteiger partial charge < -0.3 is 16.2 Å². The summed E-state index contributed by atoms with van der Waals surface area (Å²) in [6.45, 7) is 0.460. The SMILES string of the molecule is Nc1nccnc1C(=O)NCC(CCO)c1ccccc1. The lowest BCUT2D eigenvalue weighted by atomic mass is 9.96. The summed E-state index contributed by atoms with van der Waals surface area (Å²) in [5, 5.41) is 12.0. The lowest BCUT2D eigenvalue weighted by Crippen LogP contribution is -2.30. The maximum atomic E-state index is 12.0. The van der Waals surface area contributed by atoms with E-state index in [-0.39, 0.29) is 29.9 Å². The monoisotopic (exact) mass is 286 g/mol. The van der Waals surface area contributed by atoms with Crippen molar-refractivity contribution >= 4 is 11.7 Å². The molecule has 1 amide bonds. The van der Waals surface area contributed by atoms with Crippen LogP contribution in [0.25, 0.3) is 0 Å². The summed E-state index contributed by atoms with van der Waals surface area (Å²) in [7, 11) is 0. The molecule has 0 saturated heterocycles. The number of nitrogens with two attached hydrogens (primary N) is 1. The second-order valence-corrected chi connectivity index (χ2v) is 4.62. The summed E-state index contributed by atoms with van der Waals surface area (Å²) in [5.74, 6) is -0.217. The average molecular weight is 286 g/mol. The summed E-state index contributed by atoms with van der Waals surface area (Å²) in [6, 6.07) is 9.75. The fourth-order valence-electron chi connectivity index (χ4n) is 2.09. The molecule has 0 saturated carbocycles. The van der Waals surface area contributed by atoms with Gasteiger partial charge in [-0.3, -0.25) is 4.79 Å². The smallest absolute Gasteiger partial charge is 0.273 e. The van der Waals surface area contributed by atoms with Gasteiger partial charge in [0.15, 0.2) is 11.5 Å². The molecule has 1 atom stereocenters. The average Bonchev–Trinajstić information content (AvgIpc) is 2.52. The molecule has 110 valence electrons. The summed E-state index contributed by atoms with van der Waals surface area (Å²) < 4.78 is 0. The van der Waals surface area contributed by atoms with Crippen molar-refractivity contribution in [3.8, 4) is 0 Å². The van der Waals surface area contributed by atoms with E-state index in [4.69, 9.17) is 10.8 Å². The van der Waals surface area contributed by atoms with E-state index >= 15 is 0 Å². The molecule has 6 nitrogen and oxygen atoms in total. The van der Waals surface area contributed by atoms with Gasteiger partial charge in [0.2, 0.25) is 0 Å². The molecular weight excluding hydrogens is 268 g/mol. The molecule has 0 aliphatic rings. The minimum absolute atomic E-state index is 0.0399. The molecule has 4 N–H and O–H groups in total. The molecule has 2 rings (SSSR count). The third-order valence-electron chi connectivity index (χ3n) is 3.20. The first-order valence-electron chi connectivity index (χ1n) is 6.73. The van der Waals surface area contributed by atoms with Gasteiger partial charge in [-0.15, -0.1) is 0 Å². The number of carbonyl (C=O) groups is 1. The van der Waals surface area contributed by atoms with Gasteiger partial charge in [0, 0.05) is 31.5 Å². The van der Waals surface area contributed by atoms with Gasteiger partial charge in [-0.05, 0) is 12.0 Å². The van der Waals surface area contributed by atoms with Gasteiger partial charge in [0.05, 0.1) is 0 Å². The van der Waals surface area contributed by atoms with Crippen LogP contribution >= 0.6 is 0 Å². The molecule has 0 bridgehead atoms. The minimum atomic E-state index is -0.362. The van der Waals surface area contributed by atoms with Crippen LogP contribution in [0.2, 0.25) is 0 Å². The van der Waals surface area contributed by atoms with E-state index in [1.807, 2.05) is 30.3 Å². The highest BCUT2D eigenvalue weighted by atomic mass is 16.3. The summed E-state index contributed by atoms with van der Waals surface area (Å²) in [4.78, 5) is 19.8. The number of nitrogens with one attached hydrogen (secondary N) is 1. The number of hydrogen-bond acceptors (Lipinski definition) is 5. The van der Waals surface area contributed by atoms with Crippen LogP contribution in [0.15, 0.2) is 42.7 Å². The van der Waals surface area contributed by atoms with Crippen LogP contribution in [0.4, 0.5) is 5.82 Å². The molecule has 1 aromatic carbocycles. The molecule has 0 aliphatic heterocycles. The zero-order chi connectivity index (χ0) is 15.1. The molecule has 1 unspecified atom stereocenters. The summed E-state index contributed by atoms with van der Waals surface area (Å²) in [5.41, 5.74) is 6.81. The number of nitrogen functional groups attached to an aromatic ring is 1. The Morgan fingerprint density at radius 2 is 1.95 bits per heavy atom. The first-order chi connectivity index (χ1) is 10.2. The normalized spacial score (nSPS) is 11.9. The first kappa shape index (κ1) is 14.9. The summed E-state index contributed by atoms with van der Waals surface area (Å²) >= 11 is 0. The van der Waals surface area contributed by atoms with Gasteiger partial charge in [0.25, 0.3) is 5.91 Å². The number of aliphatic hydroxyl groups is 1. The van der Waals surface area contributed by atoms with Crippen LogP contribution in [0.1, 0.15) is 28.4 Å². The number of aliphatic hydroxyl groups excluding tert-OH is 1. The number of carbonyl (C=O) groups excluding carboxylic acids is 1. The van der Waals surface area contributed by atoms with E-state index in [1.54, 1.807) is 0 Å². The van der Waals surface area contributed by atoms with E-state index in [0.717, 1.165) is 5.56 Å². The van der Waals surface area contributed by atoms with Crippen molar-refractivity contribution in [2.45, 2.75) is 12.3 Å². The molecule has 0 spiro atoms. The number of aromatic nitrogens is 2. The van der Waals surface area contributed by atoms with E-state index < -0.39 is 0 Å². The number of benzene rings is 1. The highest BCUT2D eigenvalue weighted by Crippen LogP contribution is 2.18. The maximum absolute atomic E-state index is 12.0. The van der Waals surface area contributed by atoms with Gasteiger partial charge >= 0.3 is 0 Å². The van der Waals surface area contributed by atoms with Crippen LogP contribution in [0.5, 0.6) is 0 Å². The Morgan fingerprint density at radius 1 is 1.24 bits per heavy atom. The Balaban J connectivity index is 2.02. The molecular formula is C15H18N4O2. The molecule has 1 heterocycles. The third-order valence-corrected chi connectivity index (χ3v) is 3.20. The fraction of sp³-hybridized carbons (Fsp3) is 0.267. The molecule has 2 aromatic rings. The highest BCUT2D eigenvalue weighted by Gasteiger charge is 2.15. The molecule has 1 aromatic heterocycles. The molecule has 0 fully saturated rings. The van der Waals surface area contributed by atoms with Gasteiger partial charge in [-0.25, -0.2) is 9.97 Å². The number of amides is 1. The second kappa shape index (κ2) is 7.35. The Hall–Kier alpha value is -2.47. The van der Waals surface area contributed by atoms with E-state index in [2.05, 4.69) is 15.3 Å². The minimum Gasteiger partial charge on any atom is -0.396 e. The largest absolute Gasteiger partial charge is 0.396 e. The van der Waals surface area contributed by atoms with Crippen molar-refractivity contribution in [1.29, 1.82) is 0 Å². The van der Waals surface area contributed by atoms with Crippen molar-refractivity contribution in [3.05, 3.63) is 54.0 Å². The zero-order valence-electron chi connectivity index (χ0n) is 11.6. The van der Waals surface area contributed by atoms with Crippen molar-refractivity contribution < 1.29 is 9.90 Å². The Kier molecular flexibility index (Phi) is 5.22. The van der Waals surface area contributed by atoms with E-state index in [1.165, 1.54) is 12.4 Å². The van der Waals surface area contributed by atoms with Gasteiger partial charge in [0.1, 0.15) is 0 Å². The van der Waals surface area contributed by atoms with Crippen molar-refractivity contribution in [2.24, 2.45) is 0 Å². The van der Waals surface area contributed by atoms with Crippen LogP contribution < -0.4 is 11.1 Å². The van der Waals surface area contributed by atoms with E-state index in [0.29, 0.717) is 13.0 Å². The molecule has 0 radical (unpaired) electrons. The van der Waals surface area contributed by atoms with Crippen LogP contribution in [0.3, 0.4) is 0 Å². The Labute approximate surface area is 123 Å². The molecule has 6 heteroatoms. The number of nitrogens with zero attached hydrogens (tertiary/aromatic N) is 2. The predicted octanol–water partition coefficient (Wildman–Crippen LogP) is 0.955.